The minimum Gasteiger partial charge on any atom is -0.391 e. The number of nitrogens with two attached hydrogens (primary N) is 5. The third-order valence-electron chi connectivity index (χ3n) is 8.56. The molecular weight excluding hydrogens is 662 g/mol. The molecule has 0 saturated heterocycles. The number of aliphatic imine (C=N–C) groups is 1. The van der Waals surface area contributed by atoms with Gasteiger partial charge in [0.15, 0.2) is 5.96 Å². The molecule has 16 N–H and O–H groups in total. The zero-order valence-corrected chi connectivity index (χ0v) is 31.0. The molecule has 0 aromatic rings. The first-order chi connectivity index (χ1) is 24.0. The van der Waals surface area contributed by atoms with E-state index in [-0.39, 0.29) is 44.2 Å². The summed E-state index contributed by atoms with van der Waals surface area (Å²) in [6.45, 7) is 9.48. The van der Waals surface area contributed by atoms with E-state index in [4.69, 9.17) is 28.7 Å². The number of amides is 6. The van der Waals surface area contributed by atoms with Crippen LogP contribution in [0.5, 0.6) is 0 Å². The highest BCUT2D eigenvalue weighted by molar-refractivity contribution is 5.93. The van der Waals surface area contributed by atoms with E-state index in [2.05, 4.69) is 31.6 Å². The van der Waals surface area contributed by atoms with Gasteiger partial charge in [-0.3, -0.25) is 33.8 Å². The summed E-state index contributed by atoms with van der Waals surface area (Å²) in [6.07, 6.45) is 3.66. The maximum atomic E-state index is 13.7. The molecule has 0 aliphatic heterocycles. The fourth-order valence-corrected chi connectivity index (χ4v) is 5.05. The molecule has 0 radical (unpaired) electrons. The molecule has 0 bridgehead atoms. The molecule has 8 atom stereocenters. The predicted octanol–water partition coefficient (Wildman–Crippen LogP) is -2.18. The zero-order valence-electron chi connectivity index (χ0n) is 31.0. The van der Waals surface area contributed by atoms with E-state index >= 15 is 0 Å². The highest BCUT2D eigenvalue weighted by Crippen LogP contribution is 2.11. The molecule has 18 nitrogen and oxygen atoms in total. The third kappa shape index (κ3) is 19.8. The molecule has 0 fully saturated rings. The Labute approximate surface area is 302 Å². The standard InChI is InChI=1S/C33H65N11O7/c1-6-9-12-21(41-32(51)27(19(4)8-3)44-31(50)26(35)20(5)45)18-40-23(13-10-7-2)29(48)43-24(15-16-25(34)46)30(49)42-22(28(36)47)14-11-17-39-33(37)38/h19-24,26-27,40,45H,6-18,35H2,1-5H3,(H2,34,46)(H2,36,47)(H,41,51)(H,42,49)(H,43,48)(H,44,50)(H4,37,38,39)/t19-,20+,21-,22-,23-,24-,26-,27-/m0/s1. The monoisotopic (exact) mass is 728 g/mol. The van der Waals surface area contributed by atoms with Gasteiger partial charge in [-0.05, 0) is 44.9 Å². The average Bonchev–Trinajstić information content (AvgIpc) is 3.07. The van der Waals surface area contributed by atoms with Crippen molar-refractivity contribution in [1.82, 2.24) is 26.6 Å². The van der Waals surface area contributed by atoms with Crippen LogP contribution in [-0.2, 0) is 28.8 Å². The molecule has 0 spiro atoms. The normalized spacial score (nSPS) is 15.8. The van der Waals surface area contributed by atoms with Crippen molar-refractivity contribution in [1.29, 1.82) is 0 Å². The fourth-order valence-electron chi connectivity index (χ4n) is 5.05. The number of hydrogen-bond donors (Lipinski definition) is 11. The number of aliphatic hydroxyl groups is 1. The Balaban J connectivity index is 5.97. The molecule has 0 heterocycles. The Hall–Kier alpha value is -4.03. The number of guanidine groups is 1. The van der Waals surface area contributed by atoms with Crippen molar-refractivity contribution in [2.75, 3.05) is 13.1 Å². The second-order valence-corrected chi connectivity index (χ2v) is 13.1. The van der Waals surface area contributed by atoms with Crippen LogP contribution in [0.3, 0.4) is 0 Å². The Morgan fingerprint density at radius 2 is 1.25 bits per heavy atom. The maximum absolute atomic E-state index is 13.7. The zero-order chi connectivity index (χ0) is 39.1. The predicted molar refractivity (Wildman–Crippen MR) is 195 cm³/mol. The first-order valence-corrected chi connectivity index (χ1v) is 18.0. The van der Waals surface area contributed by atoms with Gasteiger partial charge in [0.05, 0.1) is 12.1 Å². The number of rotatable bonds is 28. The van der Waals surface area contributed by atoms with Crippen molar-refractivity contribution in [2.45, 2.75) is 148 Å². The van der Waals surface area contributed by atoms with Crippen molar-refractivity contribution >= 4 is 41.4 Å². The van der Waals surface area contributed by atoms with Crippen LogP contribution in [0, 0.1) is 5.92 Å². The summed E-state index contributed by atoms with van der Waals surface area (Å²) in [4.78, 5) is 80.7. The van der Waals surface area contributed by atoms with E-state index in [0.717, 1.165) is 19.3 Å². The molecular formula is C33H65N11O7. The molecule has 0 aromatic heterocycles. The lowest BCUT2D eigenvalue weighted by Gasteiger charge is -2.29. The van der Waals surface area contributed by atoms with Crippen LogP contribution in [0.1, 0.15) is 105 Å². The van der Waals surface area contributed by atoms with Crippen LogP contribution < -0.4 is 55.3 Å². The SMILES string of the molecule is CCCC[C@@H](CN[C@@H](CCCC)C(=O)N[C@@H](CCC(N)=O)C(=O)N[C@@H](CCCN=C(N)N)C(N)=O)NC(=O)[C@@H](NC(=O)[C@@H](N)[C@@H](C)O)[C@@H](C)CC. The fraction of sp³-hybridized carbons (Fsp3) is 0.788. The molecule has 0 aromatic carbocycles. The minimum absolute atomic E-state index is 0.118. The van der Waals surface area contributed by atoms with Crippen molar-refractivity contribution in [2.24, 2.45) is 39.6 Å². The van der Waals surface area contributed by atoms with Crippen molar-refractivity contribution in [3.8, 4) is 0 Å². The molecule has 6 amide bonds. The van der Waals surface area contributed by atoms with Crippen LogP contribution in [0.4, 0.5) is 0 Å². The van der Waals surface area contributed by atoms with Gasteiger partial charge in [0.25, 0.3) is 0 Å². The molecule has 0 aliphatic carbocycles. The summed E-state index contributed by atoms with van der Waals surface area (Å²) in [6, 6.07) is -5.60. The van der Waals surface area contributed by atoms with Gasteiger partial charge >= 0.3 is 0 Å². The highest BCUT2D eigenvalue weighted by atomic mass is 16.3. The number of carbonyl (C=O) groups is 6. The second-order valence-electron chi connectivity index (χ2n) is 13.1. The quantitative estimate of drug-likeness (QED) is 0.0234. The van der Waals surface area contributed by atoms with E-state index in [9.17, 15) is 33.9 Å². The Morgan fingerprint density at radius 3 is 1.78 bits per heavy atom. The van der Waals surface area contributed by atoms with Gasteiger partial charge in [-0.25, -0.2) is 0 Å². The number of nitrogens with one attached hydrogen (secondary N) is 5. The summed E-state index contributed by atoms with van der Waals surface area (Å²) >= 11 is 0. The molecule has 294 valence electrons. The first-order valence-electron chi connectivity index (χ1n) is 18.0. The van der Waals surface area contributed by atoms with Gasteiger partial charge in [0.1, 0.15) is 24.2 Å². The van der Waals surface area contributed by atoms with Gasteiger partial charge in [-0.2, -0.15) is 0 Å². The highest BCUT2D eigenvalue weighted by Gasteiger charge is 2.32. The number of unbranched alkanes of at least 4 members (excludes halogenated alkanes) is 2. The third-order valence-corrected chi connectivity index (χ3v) is 8.56. The van der Waals surface area contributed by atoms with Gasteiger partial charge in [0.2, 0.25) is 35.4 Å². The number of hydrogen-bond acceptors (Lipinski definition) is 10. The van der Waals surface area contributed by atoms with Crippen LogP contribution in [-0.4, -0.2) is 102 Å². The number of nitrogens with zero attached hydrogens (tertiary/aromatic N) is 1. The second kappa shape index (κ2) is 25.8. The summed E-state index contributed by atoms with van der Waals surface area (Å²) in [5.74, 6) is -4.13. The maximum Gasteiger partial charge on any atom is 0.243 e. The minimum atomic E-state index is -1.21. The van der Waals surface area contributed by atoms with Crippen LogP contribution >= 0.6 is 0 Å². The average molecular weight is 728 g/mol. The van der Waals surface area contributed by atoms with Crippen molar-refractivity contribution in [3.05, 3.63) is 0 Å². The Bertz CT molecular complexity index is 1130. The number of carbonyl (C=O) groups excluding carboxylic acids is 6. The Kier molecular flexibility index (Phi) is 23.8. The summed E-state index contributed by atoms with van der Waals surface area (Å²) in [5.41, 5.74) is 27.3. The van der Waals surface area contributed by atoms with E-state index in [1.54, 1.807) is 0 Å². The first kappa shape index (κ1) is 47.0. The smallest absolute Gasteiger partial charge is 0.243 e. The van der Waals surface area contributed by atoms with Gasteiger partial charge < -0.3 is 60.4 Å². The molecule has 51 heavy (non-hydrogen) atoms. The molecule has 0 aliphatic rings. The summed E-state index contributed by atoms with van der Waals surface area (Å²) in [5, 5.41) is 23.9. The van der Waals surface area contributed by atoms with Crippen LogP contribution in [0.2, 0.25) is 0 Å². The van der Waals surface area contributed by atoms with E-state index < -0.39 is 77.8 Å². The molecule has 0 unspecified atom stereocenters. The largest absolute Gasteiger partial charge is 0.391 e. The van der Waals surface area contributed by atoms with Gasteiger partial charge in [-0.1, -0.05) is 59.8 Å². The molecule has 0 rings (SSSR count). The Morgan fingerprint density at radius 1 is 0.686 bits per heavy atom. The molecule has 18 heteroatoms. The summed E-state index contributed by atoms with van der Waals surface area (Å²) in [7, 11) is 0. The topological polar surface area (TPSA) is 325 Å². The number of aliphatic hydroxyl groups excluding tert-OH is 1. The van der Waals surface area contributed by atoms with Gasteiger partial charge in [-0.15, -0.1) is 0 Å². The number of primary amides is 2. The van der Waals surface area contributed by atoms with E-state index in [1.807, 2.05) is 27.7 Å². The lowest BCUT2D eigenvalue weighted by molar-refractivity contribution is -0.133. The van der Waals surface area contributed by atoms with Crippen molar-refractivity contribution < 1.29 is 33.9 Å². The summed E-state index contributed by atoms with van der Waals surface area (Å²) < 4.78 is 0. The lowest BCUT2D eigenvalue weighted by atomic mass is 9.96. The van der Waals surface area contributed by atoms with Crippen LogP contribution in [0.15, 0.2) is 4.99 Å². The molecule has 0 saturated carbocycles. The van der Waals surface area contributed by atoms with Gasteiger partial charge in [0, 0.05) is 25.6 Å². The van der Waals surface area contributed by atoms with Crippen LogP contribution in [0.25, 0.3) is 0 Å². The van der Waals surface area contributed by atoms with Crippen molar-refractivity contribution in [3.63, 3.8) is 0 Å². The van der Waals surface area contributed by atoms with E-state index in [1.165, 1.54) is 6.92 Å². The lowest BCUT2D eigenvalue weighted by Crippen LogP contribution is -2.59. The van der Waals surface area contributed by atoms with E-state index in [0.29, 0.717) is 32.1 Å².